The van der Waals surface area contributed by atoms with Gasteiger partial charge < -0.3 is 19.7 Å². The number of nitrogens with zero attached hydrogens (tertiary/aromatic N) is 3. The Balaban J connectivity index is 1.40. The highest BCUT2D eigenvalue weighted by atomic mass is 16.5. The number of rotatable bonds is 6. The monoisotopic (exact) mass is 370 g/mol. The molecule has 2 aromatic rings. The molecule has 3 rings (SSSR count). The van der Waals surface area contributed by atoms with Crippen LogP contribution in [-0.4, -0.2) is 52.6 Å². The van der Waals surface area contributed by atoms with Crippen molar-refractivity contribution in [3.63, 3.8) is 0 Å². The molecule has 8 heteroatoms. The second kappa shape index (κ2) is 9.51. The van der Waals surface area contributed by atoms with Gasteiger partial charge in [-0.25, -0.2) is 14.8 Å². The van der Waals surface area contributed by atoms with Crippen LogP contribution in [0.3, 0.4) is 0 Å². The van der Waals surface area contributed by atoms with Gasteiger partial charge in [-0.05, 0) is 24.5 Å². The third-order valence-electron chi connectivity index (χ3n) is 4.14. The average Bonchev–Trinajstić information content (AvgIpc) is 2.72. The Morgan fingerprint density at radius 2 is 1.93 bits per heavy atom. The zero-order valence-corrected chi connectivity index (χ0v) is 14.9. The Hall–Kier alpha value is -3.16. The molecule has 0 bridgehead atoms. The van der Waals surface area contributed by atoms with Gasteiger partial charge in [0.25, 0.3) is 0 Å². The van der Waals surface area contributed by atoms with Gasteiger partial charge in [-0.2, -0.15) is 0 Å². The van der Waals surface area contributed by atoms with E-state index in [9.17, 15) is 9.59 Å². The quantitative estimate of drug-likeness (QED) is 0.833. The molecular formula is C19H22N4O4. The summed E-state index contributed by atoms with van der Waals surface area (Å²) in [4.78, 5) is 33.9. The number of nitrogens with one attached hydrogen (secondary N) is 1. The predicted octanol–water partition coefficient (Wildman–Crippen LogP) is 1.77. The van der Waals surface area contributed by atoms with E-state index >= 15 is 0 Å². The fraction of sp³-hybridized carbons (Fsp3) is 0.368. The molecule has 1 aliphatic heterocycles. The maximum Gasteiger partial charge on any atom is 0.407 e. The number of amides is 2. The van der Waals surface area contributed by atoms with Gasteiger partial charge in [0.05, 0.1) is 6.54 Å². The molecule has 1 atom stereocenters. The van der Waals surface area contributed by atoms with Gasteiger partial charge in [0.1, 0.15) is 19.3 Å². The topological polar surface area (TPSA) is 93.7 Å². The van der Waals surface area contributed by atoms with Gasteiger partial charge >= 0.3 is 12.1 Å². The summed E-state index contributed by atoms with van der Waals surface area (Å²) >= 11 is 0. The SMILES string of the molecule is O=C(NCC(=O)N1CCC[C@@H](Oc2ncccn2)C1)OCc1ccccc1. The van der Waals surface area contributed by atoms with E-state index in [1.165, 1.54) is 0 Å². The molecule has 0 saturated carbocycles. The molecule has 0 aliphatic carbocycles. The molecule has 1 aromatic heterocycles. The van der Waals surface area contributed by atoms with Crippen LogP contribution in [0, 0.1) is 0 Å². The fourth-order valence-corrected chi connectivity index (χ4v) is 2.79. The number of likely N-dealkylation sites (tertiary alicyclic amines) is 1. The molecule has 0 unspecified atom stereocenters. The molecular weight excluding hydrogens is 348 g/mol. The summed E-state index contributed by atoms with van der Waals surface area (Å²) in [5.74, 6) is -0.172. The molecule has 8 nitrogen and oxygen atoms in total. The zero-order chi connectivity index (χ0) is 18.9. The minimum atomic E-state index is -0.616. The lowest BCUT2D eigenvalue weighted by Crippen LogP contribution is -2.48. The van der Waals surface area contributed by atoms with Crippen LogP contribution in [0.2, 0.25) is 0 Å². The normalized spacial score (nSPS) is 16.4. The summed E-state index contributed by atoms with van der Waals surface area (Å²) in [6, 6.07) is 11.4. The van der Waals surface area contributed by atoms with Crippen LogP contribution in [0.4, 0.5) is 4.79 Å². The number of aromatic nitrogens is 2. The first-order valence-corrected chi connectivity index (χ1v) is 8.87. The third-order valence-corrected chi connectivity index (χ3v) is 4.14. The summed E-state index contributed by atoms with van der Waals surface area (Å²) in [5, 5.41) is 2.50. The van der Waals surface area contributed by atoms with E-state index in [4.69, 9.17) is 9.47 Å². The van der Waals surface area contributed by atoms with Crippen molar-refractivity contribution in [1.29, 1.82) is 0 Å². The molecule has 2 amide bonds. The largest absolute Gasteiger partial charge is 0.458 e. The average molecular weight is 370 g/mol. The standard InChI is InChI=1S/C19H22N4O4/c24-17(12-22-19(25)26-14-15-6-2-1-3-7-15)23-11-4-8-16(13-23)27-18-20-9-5-10-21-18/h1-3,5-7,9-10,16H,4,8,11-14H2,(H,22,25)/t16-/m1/s1. The van der Waals surface area contributed by atoms with Crippen LogP contribution in [0.1, 0.15) is 18.4 Å². The van der Waals surface area contributed by atoms with Crippen molar-refractivity contribution < 1.29 is 19.1 Å². The molecule has 1 aliphatic rings. The lowest BCUT2D eigenvalue weighted by Gasteiger charge is -2.32. The third kappa shape index (κ3) is 5.95. The number of carbonyl (C=O) groups excluding carboxylic acids is 2. The van der Waals surface area contributed by atoms with Gasteiger partial charge in [0, 0.05) is 18.9 Å². The van der Waals surface area contributed by atoms with Crippen molar-refractivity contribution in [1.82, 2.24) is 20.2 Å². The van der Waals surface area contributed by atoms with Gasteiger partial charge in [0.2, 0.25) is 5.91 Å². The number of hydrogen-bond donors (Lipinski definition) is 1. The highest BCUT2D eigenvalue weighted by Gasteiger charge is 2.25. The first-order valence-electron chi connectivity index (χ1n) is 8.87. The number of piperidine rings is 1. The summed E-state index contributed by atoms with van der Waals surface area (Å²) < 4.78 is 10.8. The van der Waals surface area contributed by atoms with Crippen LogP contribution in [-0.2, 0) is 16.1 Å². The van der Waals surface area contributed by atoms with E-state index in [1.807, 2.05) is 30.3 Å². The first kappa shape index (κ1) is 18.6. The second-order valence-electron chi connectivity index (χ2n) is 6.17. The van der Waals surface area contributed by atoms with Crippen LogP contribution in [0.25, 0.3) is 0 Å². The van der Waals surface area contributed by atoms with Crippen LogP contribution in [0.5, 0.6) is 6.01 Å². The number of hydrogen-bond acceptors (Lipinski definition) is 6. The molecule has 0 spiro atoms. The number of alkyl carbamates (subject to hydrolysis) is 1. The lowest BCUT2D eigenvalue weighted by atomic mass is 10.1. The summed E-state index contributed by atoms with van der Waals surface area (Å²) in [6.45, 7) is 1.13. The smallest absolute Gasteiger partial charge is 0.407 e. The maximum absolute atomic E-state index is 12.3. The lowest BCUT2D eigenvalue weighted by molar-refractivity contribution is -0.132. The Morgan fingerprint density at radius 1 is 1.15 bits per heavy atom. The van der Waals surface area contributed by atoms with Crippen molar-refractivity contribution in [3.8, 4) is 6.01 Å². The molecule has 1 aromatic carbocycles. The van der Waals surface area contributed by atoms with E-state index in [0.29, 0.717) is 19.1 Å². The minimum Gasteiger partial charge on any atom is -0.458 e. The highest BCUT2D eigenvalue weighted by molar-refractivity contribution is 5.82. The number of carbonyl (C=O) groups is 2. The fourth-order valence-electron chi connectivity index (χ4n) is 2.79. The minimum absolute atomic E-state index is 0.109. The molecule has 142 valence electrons. The van der Waals surface area contributed by atoms with Crippen LogP contribution in [0.15, 0.2) is 48.8 Å². The van der Waals surface area contributed by atoms with Crippen molar-refractivity contribution in [2.24, 2.45) is 0 Å². The molecule has 2 heterocycles. The van der Waals surface area contributed by atoms with E-state index in [-0.39, 0.29) is 25.2 Å². The van der Waals surface area contributed by atoms with Gasteiger partial charge in [-0.3, -0.25) is 4.79 Å². The van der Waals surface area contributed by atoms with E-state index in [1.54, 1.807) is 23.4 Å². The summed E-state index contributed by atoms with van der Waals surface area (Å²) in [7, 11) is 0. The van der Waals surface area contributed by atoms with Crippen molar-refractivity contribution in [2.75, 3.05) is 19.6 Å². The first-order chi connectivity index (χ1) is 13.2. The van der Waals surface area contributed by atoms with Gasteiger partial charge in [-0.15, -0.1) is 0 Å². The van der Waals surface area contributed by atoms with Crippen molar-refractivity contribution in [2.45, 2.75) is 25.6 Å². The molecule has 1 fully saturated rings. The maximum atomic E-state index is 12.3. The van der Waals surface area contributed by atoms with E-state index in [0.717, 1.165) is 18.4 Å². The second-order valence-corrected chi connectivity index (χ2v) is 6.17. The molecule has 0 radical (unpaired) electrons. The van der Waals surface area contributed by atoms with Gasteiger partial charge in [0.15, 0.2) is 0 Å². The summed E-state index contributed by atoms with van der Waals surface area (Å²) in [6.07, 6.45) is 4.10. The number of benzene rings is 1. The Kier molecular flexibility index (Phi) is 6.56. The highest BCUT2D eigenvalue weighted by Crippen LogP contribution is 2.15. The Bertz CT molecular complexity index is 742. The van der Waals surface area contributed by atoms with E-state index < -0.39 is 6.09 Å². The van der Waals surface area contributed by atoms with Crippen LogP contribution >= 0.6 is 0 Å². The molecule has 1 N–H and O–H groups in total. The van der Waals surface area contributed by atoms with Crippen LogP contribution < -0.4 is 10.1 Å². The Morgan fingerprint density at radius 3 is 2.70 bits per heavy atom. The zero-order valence-electron chi connectivity index (χ0n) is 14.9. The van der Waals surface area contributed by atoms with Crippen molar-refractivity contribution in [3.05, 3.63) is 54.4 Å². The van der Waals surface area contributed by atoms with Gasteiger partial charge in [-0.1, -0.05) is 30.3 Å². The summed E-state index contributed by atoms with van der Waals surface area (Å²) in [5.41, 5.74) is 0.887. The number of ether oxygens (including phenoxy) is 2. The molecule has 27 heavy (non-hydrogen) atoms. The van der Waals surface area contributed by atoms with E-state index in [2.05, 4.69) is 15.3 Å². The Labute approximate surface area is 157 Å². The predicted molar refractivity (Wildman–Crippen MR) is 96.9 cm³/mol. The molecule has 1 saturated heterocycles. The van der Waals surface area contributed by atoms with Crippen molar-refractivity contribution >= 4 is 12.0 Å².